The molecule has 1 aromatic carbocycles. The van der Waals surface area contributed by atoms with Gasteiger partial charge in [0.25, 0.3) is 0 Å². The Morgan fingerprint density at radius 3 is 2.33 bits per heavy atom. The van der Waals surface area contributed by atoms with Gasteiger partial charge in [0.05, 0.1) is 12.3 Å². The fourth-order valence-electron chi connectivity index (χ4n) is 1.37. The molecule has 0 heterocycles. The largest absolute Gasteiger partial charge is 0.298 e. The second-order valence-electron chi connectivity index (χ2n) is 4.30. The summed E-state index contributed by atoms with van der Waals surface area (Å²) in [7, 11) is -1.23. The summed E-state index contributed by atoms with van der Waals surface area (Å²) in [6, 6.07) is 7.33. The van der Waals surface area contributed by atoms with Crippen molar-refractivity contribution in [2.45, 2.75) is 0 Å². The zero-order valence-electron chi connectivity index (χ0n) is 10.4. The van der Waals surface area contributed by atoms with E-state index < -0.39 is 9.84 Å². The maximum absolute atomic E-state index is 11.9. The van der Waals surface area contributed by atoms with Crippen LogP contribution in [0.1, 0.15) is 10.4 Å². The molecule has 0 saturated heterocycles. The van der Waals surface area contributed by atoms with Crippen molar-refractivity contribution in [2.75, 3.05) is 32.1 Å². The molecule has 0 atom stereocenters. The molecule has 0 aromatic heterocycles. The molecule has 0 spiro atoms. The molecule has 6 heteroatoms. The first-order valence-electron chi connectivity index (χ1n) is 5.43. The molecule has 0 amide bonds. The molecule has 0 aliphatic heterocycles. The molecule has 18 heavy (non-hydrogen) atoms. The Morgan fingerprint density at radius 2 is 1.83 bits per heavy atom. The third-order valence-electron chi connectivity index (χ3n) is 2.42. The molecular formula is C12H16INO3S. The lowest BCUT2D eigenvalue weighted by molar-refractivity contribution is 0.0949. The Balaban J connectivity index is 2.52. The van der Waals surface area contributed by atoms with Crippen molar-refractivity contribution in [1.82, 2.24) is 4.90 Å². The molecule has 100 valence electrons. The maximum Gasteiger partial charge on any atom is 0.176 e. The number of hydrogen-bond acceptors (Lipinski definition) is 4. The number of likely N-dealkylation sites (N-methyl/N-ethyl adjacent to an activating group) is 1. The monoisotopic (exact) mass is 381 g/mol. The maximum atomic E-state index is 11.9. The molecule has 1 aromatic rings. The van der Waals surface area contributed by atoms with Crippen molar-refractivity contribution < 1.29 is 13.2 Å². The van der Waals surface area contributed by atoms with Gasteiger partial charge in [-0.1, -0.05) is 12.1 Å². The summed E-state index contributed by atoms with van der Waals surface area (Å²) in [5, 5.41) is 0. The summed E-state index contributed by atoms with van der Waals surface area (Å²) < 4.78 is 23.1. The molecule has 0 radical (unpaired) electrons. The second-order valence-corrected chi connectivity index (χ2v) is 7.80. The molecular weight excluding hydrogens is 365 g/mol. The number of nitrogens with zero attached hydrogens (tertiary/aromatic N) is 1. The summed E-state index contributed by atoms with van der Waals surface area (Å²) in [5.74, 6) is 0.0751. The quantitative estimate of drug-likeness (QED) is 0.553. The predicted molar refractivity (Wildman–Crippen MR) is 80.7 cm³/mol. The van der Waals surface area contributed by atoms with Crippen molar-refractivity contribution in [3.8, 4) is 0 Å². The van der Waals surface area contributed by atoms with E-state index in [1.54, 1.807) is 24.1 Å². The van der Waals surface area contributed by atoms with Crippen LogP contribution in [0.5, 0.6) is 0 Å². The number of ketones is 1. The molecule has 1 rings (SSSR count). The Hall–Kier alpha value is -0.470. The van der Waals surface area contributed by atoms with E-state index in [0.717, 1.165) is 3.57 Å². The highest BCUT2D eigenvalue weighted by atomic mass is 127. The number of rotatable bonds is 6. The number of hydrogen-bond donors (Lipinski definition) is 0. The summed E-state index contributed by atoms with van der Waals surface area (Å²) >= 11 is 2.18. The average Bonchev–Trinajstić information content (AvgIpc) is 2.26. The fraction of sp³-hybridized carbons (Fsp3) is 0.417. The molecule has 0 bridgehead atoms. The third kappa shape index (κ3) is 5.92. The fourth-order valence-corrected chi connectivity index (χ4v) is 2.38. The molecule has 0 aliphatic carbocycles. The Labute approximate surface area is 121 Å². The lowest BCUT2D eigenvalue weighted by Gasteiger charge is -2.14. The highest BCUT2D eigenvalue weighted by Crippen LogP contribution is 2.07. The van der Waals surface area contributed by atoms with Gasteiger partial charge in [0.2, 0.25) is 0 Å². The number of sulfone groups is 1. The Morgan fingerprint density at radius 1 is 1.28 bits per heavy atom. The lowest BCUT2D eigenvalue weighted by Crippen LogP contribution is -2.30. The van der Waals surface area contributed by atoms with Gasteiger partial charge in [0.15, 0.2) is 5.78 Å². The predicted octanol–water partition coefficient (Wildman–Crippen LogP) is 1.45. The van der Waals surface area contributed by atoms with Crippen LogP contribution in [0.25, 0.3) is 0 Å². The van der Waals surface area contributed by atoms with Crippen LogP contribution < -0.4 is 0 Å². The van der Waals surface area contributed by atoms with E-state index in [9.17, 15) is 13.2 Å². The van der Waals surface area contributed by atoms with E-state index in [2.05, 4.69) is 22.6 Å². The average molecular weight is 381 g/mol. The summed E-state index contributed by atoms with van der Waals surface area (Å²) in [4.78, 5) is 13.6. The van der Waals surface area contributed by atoms with Gasteiger partial charge in [-0.2, -0.15) is 0 Å². The number of Topliss-reactive ketones (excluding diaryl/α,β-unsaturated/α-hetero) is 1. The second kappa shape index (κ2) is 6.63. The van der Waals surface area contributed by atoms with Crippen LogP contribution in [0.15, 0.2) is 24.3 Å². The van der Waals surface area contributed by atoms with Crippen LogP contribution in [-0.2, 0) is 9.84 Å². The summed E-state index contributed by atoms with van der Waals surface area (Å²) in [6.07, 6.45) is 1.20. The highest BCUT2D eigenvalue weighted by Gasteiger charge is 2.11. The van der Waals surface area contributed by atoms with Crippen molar-refractivity contribution >= 4 is 38.2 Å². The van der Waals surface area contributed by atoms with Gasteiger partial charge in [0.1, 0.15) is 9.84 Å². The van der Waals surface area contributed by atoms with E-state index in [1.165, 1.54) is 6.26 Å². The van der Waals surface area contributed by atoms with Crippen LogP contribution in [0.4, 0.5) is 0 Å². The van der Waals surface area contributed by atoms with Gasteiger partial charge in [-0.3, -0.25) is 9.69 Å². The zero-order chi connectivity index (χ0) is 13.8. The van der Waals surface area contributed by atoms with Crippen LogP contribution in [-0.4, -0.2) is 51.2 Å². The zero-order valence-corrected chi connectivity index (χ0v) is 13.4. The SMILES string of the molecule is CN(CCS(C)(=O)=O)CC(=O)c1ccc(I)cc1. The molecule has 0 saturated carbocycles. The van der Waals surface area contributed by atoms with E-state index in [-0.39, 0.29) is 18.1 Å². The minimum atomic E-state index is -2.98. The van der Waals surface area contributed by atoms with Gasteiger partial charge in [-0.05, 0) is 41.8 Å². The molecule has 4 nitrogen and oxygen atoms in total. The summed E-state index contributed by atoms with van der Waals surface area (Å²) in [6.45, 7) is 0.602. The van der Waals surface area contributed by atoms with Crippen LogP contribution in [0.2, 0.25) is 0 Å². The lowest BCUT2D eigenvalue weighted by atomic mass is 10.1. The smallest absolute Gasteiger partial charge is 0.176 e. The first kappa shape index (κ1) is 15.6. The first-order chi connectivity index (χ1) is 8.28. The molecule has 0 N–H and O–H groups in total. The number of carbonyl (C=O) groups is 1. The normalized spacial score (nSPS) is 11.8. The van der Waals surface area contributed by atoms with E-state index in [1.807, 2.05) is 12.1 Å². The van der Waals surface area contributed by atoms with Crippen molar-refractivity contribution in [2.24, 2.45) is 0 Å². The van der Waals surface area contributed by atoms with Crippen LogP contribution >= 0.6 is 22.6 Å². The molecule has 0 aliphatic rings. The standard InChI is InChI=1S/C12H16INO3S/c1-14(7-8-18(2,16)17)9-12(15)10-3-5-11(13)6-4-10/h3-6H,7-9H2,1-2H3. The van der Waals surface area contributed by atoms with Gasteiger partial charge < -0.3 is 0 Å². The Kier molecular flexibility index (Phi) is 5.74. The number of halogens is 1. The van der Waals surface area contributed by atoms with E-state index in [0.29, 0.717) is 12.1 Å². The highest BCUT2D eigenvalue weighted by molar-refractivity contribution is 14.1. The van der Waals surface area contributed by atoms with Crippen LogP contribution in [0, 0.1) is 3.57 Å². The minimum Gasteiger partial charge on any atom is -0.298 e. The Bertz CT molecular complexity index is 511. The van der Waals surface area contributed by atoms with Crippen LogP contribution in [0.3, 0.4) is 0 Å². The van der Waals surface area contributed by atoms with Gasteiger partial charge in [0, 0.05) is 21.9 Å². The number of carbonyl (C=O) groups excluding carboxylic acids is 1. The number of benzene rings is 1. The molecule has 0 unspecified atom stereocenters. The van der Waals surface area contributed by atoms with Gasteiger partial charge >= 0.3 is 0 Å². The first-order valence-corrected chi connectivity index (χ1v) is 8.57. The van der Waals surface area contributed by atoms with E-state index >= 15 is 0 Å². The minimum absolute atomic E-state index is 0.00222. The van der Waals surface area contributed by atoms with E-state index in [4.69, 9.17) is 0 Å². The van der Waals surface area contributed by atoms with Crippen molar-refractivity contribution in [3.63, 3.8) is 0 Å². The van der Waals surface area contributed by atoms with Gasteiger partial charge in [-0.15, -0.1) is 0 Å². The topological polar surface area (TPSA) is 54.5 Å². The van der Waals surface area contributed by atoms with Crippen molar-refractivity contribution in [1.29, 1.82) is 0 Å². The molecule has 0 fully saturated rings. The van der Waals surface area contributed by atoms with Gasteiger partial charge in [-0.25, -0.2) is 8.42 Å². The third-order valence-corrected chi connectivity index (χ3v) is 4.07. The van der Waals surface area contributed by atoms with Crippen molar-refractivity contribution in [3.05, 3.63) is 33.4 Å². The summed E-state index contributed by atoms with van der Waals surface area (Å²) in [5.41, 5.74) is 0.654.